The molecule has 0 radical (unpaired) electrons. The first kappa shape index (κ1) is 19.4. The van der Waals surface area contributed by atoms with E-state index in [1.54, 1.807) is 23.9 Å². The van der Waals surface area contributed by atoms with Gasteiger partial charge in [0, 0.05) is 22.0 Å². The van der Waals surface area contributed by atoms with E-state index in [-0.39, 0.29) is 11.2 Å². The molecule has 1 aromatic carbocycles. The van der Waals surface area contributed by atoms with Gasteiger partial charge in [-0.3, -0.25) is 0 Å². The Bertz CT molecular complexity index is 889. The predicted molar refractivity (Wildman–Crippen MR) is 115 cm³/mol. The van der Waals surface area contributed by atoms with E-state index in [9.17, 15) is 14.6 Å². The summed E-state index contributed by atoms with van der Waals surface area (Å²) in [6, 6.07) is 6.60. The van der Waals surface area contributed by atoms with Gasteiger partial charge in [-0.2, -0.15) is 0 Å². The SMILES string of the molecule is C[C@]12CC[C@H]3[C@@H](CC=C4C=C(O)C=C[C@@H]43)[C@@H]1CCC2(O)CSc1ccc(F)cc1. The zero-order chi connectivity index (χ0) is 20.2. The largest absolute Gasteiger partial charge is 0.508 e. The molecule has 5 rings (SSSR count). The van der Waals surface area contributed by atoms with Gasteiger partial charge < -0.3 is 10.2 Å². The van der Waals surface area contributed by atoms with Gasteiger partial charge in [0.25, 0.3) is 0 Å². The maximum atomic E-state index is 13.2. The lowest BCUT2D eigenvalue weighted by atomic mass is 9.52. The van der Waals surface area contributed by atoms with Crippen molar-refractivity contribution in [3.05, 3.63) is 65.7 Å². The molecule has 0 aliphatic heterocycles. The zero-order valence-electron chi connectivity index (χ0n) is 16.9. The molecule has 2 nitrogen and oxygen atoms in total. The summed E-state index contributed by atoms with van der Waals surface area (Å²) in [4.78, 5) is 1.02. The Morgan fingerprint density at radius 3 is 2.72 bits per heavy atom. The molecule has 4 aliphatic carbocycles. The molecule has 6 atom stereocenters. The first-order valence-corrected chi connectivity index (χ1v) is 11.8. The van der Waals surface area contributed by atoms with E-state index >= 15 is 0 Å². The van der Waals surface area contributed by atoms with Crippen LogP contribution in [0.15, 0.2) is 64.8 Å². The molecular weight excluding hydrogens is 383 g/mol. The first-order valence-electron chi connectivity index (χ1n) is 10.8. The number of aliphatic hydroxyl groups is 2. The summed E-state index contributed by atoms with van der Waals surface area (Å²) in [5.41, 5.74) is 0.532. The Labute approximate surface area is 176 Å². The predicted octanol–water partition coefficient (Wildman–Crippen LogP) is 6.05. The Balaban J connectivity index is 1.36. The van der Waals surface area contributed by atoms with Crippen molar-refractivity contribution in [3.63, 3.8) is 0 Å². The van der Waals surface area contributed by atoms with Crippen molar-refractivity contribution in [1.29, 1.82) is 0 Å². The summed E-state index contributed by atoms with van der Waals surface area (Å²) in [5, 5.41) is 21.6. The van der Waals surface area contributed by atoms with Crippen LogP contribution in [-0.2, 0) is 0 Å². The van der Waals surface area contributed by atoms with Crippen molar-refractivity contribution in [2.45, 2.75) is 49.5 Å². The van der Waals surface area contributed by atoms with E-state index in [1.165, 1.54) is 17.7 Å². The molecule has 2 saturated carbocycles. The quantitative estimate of drug-likeness (QED) is 0.594. The summed E-state index contributed by atoms with van der Waals surface area (Å²) < 4.78 is 13.2. The van der Waals surface area contributed by atoms with Crippen LogP contribution in [0, 0.1) is 34.9 Å². The molecule has 0 amide bonds. The minimum absolute atomic E-state index is 0.0666. The van der Waals surface area contributed by atoms with Gasteiger partial charge in [0.15, 0.2) is 0 Å². The van der Waals surface area contributed by atoms with Gasteiger partial charge in [0.2, 0.25) is 0 Å². The summed E-state index contributed by atoms with van der Waals surface area (Å²) in [6.45, 7) is 2.31. The minimum Gasteiger partial charge on any atom is -0.508 e. The van der Waals surface area contributed by atoms with Crippen LogP contribution in [0.5, 0.6) is 0 Å². The summed E-state index contributed by atoms with van der Waals surface area (Å²) in [7, 11) is 0. The molecule has 1 unspecified atom stereocenters. The van der Waals surface area contributed by atoms with Gasteiger partial charge in [-0.25, -0.2) is 4.39 Å². The van der Waals surface area contributed by atoms with Crippen molar-refractivity contribution < 1.29 is 14.6 Å². The van der Waals surface area contributed by atoms with Crippen LogP contribution in [0.1, 0.15) is 39.0 Å². The average Bonchev–Trinajstić information content (AvgIpc) is 2.98. The van der Waals surface area contributed by atoms with E-state index in [0.29, 0.717) is 35.2 Å². The lowest BCUT2D eigenvalue weighted by Crippen LogP contribution is -2.53. The number of aliphatic hydroxyl groups excluding tert-OH is 1. The highest BCUT2D eigenvalue weighted by Crippen LogP contribution is 2.64. The molecule has 4 heteroatoms. The second-order valence-electron chi connectivity index (χ2n) is 9.60. The monoisotopic (exact) mass is 412 g/mol. The fourth-order valence-electron chi connectivity index (χ4n) is 6.67. The third-order valence-corrected chi connectivity index (χ3v) is 9.59. The highest BCUT2D eigenvalue weighted by molar-refractivity contribution is 7.99. The summed E-state index contributed by atoms with van der Waals surface area (Å²) >= 11 is 1.65. The van der Waals surface area contributed by atoms with Gasteiger partial charge in [0.05, 0.1) is 5.60 Å². The van der Waals surface area contributed by atoms with Crippen LogP contribution < -0.4 is 0 Å². The van der Waals surface area contributed by atoms with E-state index in [1.807, 2.05) is 12.2 Å². The van der Waals surface area contributed by atoms with Gasteiger partial charge in [0.1, 0.15) is 11.6 Å². The maximum absolute atomic E-state index is 13.2. The number of allylic oxidation sites excluding steroid dienone is 5. The number of hydrogen-bond donors (Lipinski definition) is 2. The van der Waals surface area contributed by atoms with Crippen molar-refractivity contribution in [2.75, 3.05) is 5.75 Å². The molecule has 4 aliphatic rings. The van der Waals surface area contributed by atoms with Crippen LogP contribution in [0.25, 0.3) is 0 Å². The van der Waals surface area contributed by atoms with Crippen molar-refractivity contribution in [1.82, 2.24) is 0 Å². The normalized spacial score (nSPS) is 40.5. The van der Waals surface area contributed by atoms with Crippen molar-refractivity contribution >= 4 is 11.8 Å². The van der Waals surface area contributed by atoms with Crippen molar-refractivity contribution in [3.8, 4) is 0 Å². The Hall–Kier alpha value is -1.52. The standard InChI is InChI=1S/C25H29FO2S/c1-24-12-10-21-20-9-5-18(27)14-16(20)2-8-22(21)23(24)11-13-25(24,28)15-29-19-6-3-17(26)4-7-19/h2-7,9,14,20-23,27-28H,8,10-13,15H2,1H3/t20-,21+,22+,23-,24-,25?/m0/s1. The molecule has 1 aromatic rings. The number of benzene rings is 1. The third-order valence-electron chi connectivity index (χ3n) is 8.37. The van der Waals surface area contributed by atoms with Gasteiger partial charge in [-0.1, -0.05) is 19.1 Å². The molecule has 0 spiro atoms. The van der Waals surface area contributed by atoms with Gasteiger partial charge in [-0.05, 0) is 91.8 Å². The topological polar surface area (TPSA) is 40.5 Å². The van der Waals surface area contributed by atoms with E-state index < -0.39 is 5.60 Å². The number of fused-ring (bicyclic) bond motifs is 5. The van der Waals surface area contributed by atoms with Crippen LogP contribution in [0.4, 0.5) is 4.39 Å². The van der Waals surface area contributed by atoms with Gasteiger partial charge >= 0.3 is 0 Å². The number of halogens is 1. The van der Waals surface area contributed by atoms with E-state index in [4.69, 9.17) is 0 Å². The third kappa shape index (κ3) is 3.11. The van der Waals surface area contributed by atoms with Crippen LogP contribution in [-0.4, -0.2) is 21.6 Å². The zero-order valence-corrected chi connectivity index (χ0v) is 17.7. The minimum atomic E-state index is -0.674. The number of rotatable bonds is 3. The lowest BCUT2D eigenvalue weighted by molar-refractivity contribution is -0.0969. The average molecular weight is 413 g/mol. The van der Waals surface area contributed by atoms with E-state index in [2.05, 4.69) is 19.1 Å². The highest BCUT2D eigenvalue weighted by atomic mass is 32.2. The molecule has 154 valence electrons. The van der Waals surface area contributed by atoms with Crippen LogP contribution >= 0.6 is 11.8 Å². The molecule has 0 saturated heterocycles. The molecule has 0 aromatic heterocycles. The summed E-state index contributed by atoms with van der Waals surface area (Å²) in [5.74, 6) is 2.97. The maximum Gasteiger partial charge on any atom is 0.123 e. The summed E-state index contributed by atoms with van der Waals surface area (Å²) in [6.07, 6.45) is 13.4. The molecule has 2 N–H and O–H groups in total. The fraction of sp³-hybridized carbons (Fsp3) is 0.520. The molecule has 0 heterocycles. The van der Waals surface area contributed by atoms with Crippen molar-refractivity contribution in [2.24, 2.45) is 29.1 Å². The smallest absolute Gasteiger partial charge is 0.123 e. The second-order valence-corrected chi connectivity index (χ2v) is 10.6. The lowest BCUT2D eigenvalue weighted by Gasteiger charge is -2.54. The Morgan fingerprint density at radius 1 is 1.14 bits per heavy atom. The van der Waals surface area contributed by atoms with Crippen LogP contribution in [0.2, 0.25) is 0 Å². The molecule has 0 bridgehead atoms. The fourth-order valence-corrected chi connectivity index (χ4v) is 7.88. The first-order chi connectivity index (χ1) is 13.9. The molecule has 2 fully saturated rings. The Kier molecular flexibility index (Phi) is 4.71. The van der Waals surface area contributed by atoms with E-state index in [0.717, 1.165) is 37.0 Å². The number of hydrogen-bond acceptors (Lipinski definition) is 3. The Morgan fingerprint density at radius 2 is 1.93 bits per heavy atom. The van der Waals surface area contributed by atoms with Gasteiger partial charge in [-0.15, -0.1) is 11.8 Å². The van der Waals surface area contributed by atoms with Crippen LogP contribution in [0.3, 0.4) is 0 Å². The number of thioether (sulfide) groups is 1. The second kappa shape index (κ2) is 7.02. The molecule has 29 heavy (non-hydrogen) atoms. The highest BCUT2D eigenvalue weighted by Gasteiger charge is 2.61. The molecular formula is C25H29FO2S.